The zero-order chi connectivity index (χ0) is 27.5. The number of alkyl halides is 3. The summed E-state index contributed by atoms with van der Waals surface area (Å²) in [5.41, 5.74) is -0.272. The lowest BCUT2D eigenvalue weighted by Gasteiger charge is -2.23. The van der Waals surface area contributed by atoms with E-state index in [0.717, 1.165) is 22.3 Å². The van der Waals surface area contributed by atoms with Crippen molar-refractivity contribution in [2.45, 2.75) is 57.5 Å². The number of ether oxygens (including phenoxy) is 1. The molecule has 2 aromatic carbocycles. The molecule has 3 rings (SSSR count). The molecule has 1 amide bonds. The minimum atomic E-state index is -4.60. The van der Waals surface area contributed by atoms with Crippen molar-refractivity contribution in [2.24, 2.45) is 0 Å². The third-order valence-electron chi connectivity index (χ3n) is 5.79. The Hall–Kier alpha value is -3.08. The fourth-order valence-corrected chi connectivity index (χ4v) is 4.51. The molecule has 0 radical (unpaired) electrons. The Bertz CT molecular complexity index is 1320. The summed E-state index contributed by atoms with van der Waals surface area (Å²) in [6.45, 7) is 7.13. The normalized spacial score (nSPS) is 13.5. The molecule has 198 valence electrons. The van der Waals surface area contributed by atoms with E-state index in [1.807, 2.05) is 13.8 Å². The number of hydrogen-bond acceptors (Lipinski definition) is 4. The lowest BCUT2D eigenvalue weighted by molar-refractivity contribution is -0.137. The molecule has 0 fully saturated rings. The Morgan fingerprint density at radius 3 is 2.32 bits per heavy atom. The number of rotatable bonds is 8. The van der Waals surface area contributed by atoms with Crippen molar-refractivity contribution in [1.29, 1.82) is 0 Å². The van der Waals surface area contributed by atoms with Crippen LogP contribution in [0.25, 0.3) is 5.69 Å². The predicted molar refractivity (Wildman–Crippen MR) is 136 cm³/mol. The van der Waals surface area contributed by atoms with Gasteiger partial charge in [0.1, 0.15) is 11.8 Å². The standard InChI is InChI=1S/C27H29F3N2O4S/c1-16(2)36-18(4)23-14-24(25(33)31-15-19-9-11-22(12-10-19)37(5)35)26(34)32(17(23)3)21-8-6-7-20(13-21)27(28,29)30/h6-14,16,18H,15H2,1-5H3,(H,31,33). The van der Waals surface area contributed by atoms with Gasteiger partial charge in [-0.25, -0.2) is 0 Å². The van der Waals surface area contributed by atoms with Crippen LogP contribution in [0, 0.1) is 6.92 Å². The number of carbonyl (C=O) groups is 1. The van der Waals surface area contributed by atoms with Crippen LogP contribution in [0.15, 0.2) is 64.3 Å². The number of amides is 1. The van der Waals surface area contributed by atoms with Crippen molar-refractivity contribution < 1.29 is 27.3 Å². The Morgan fingerprint density at radius 2 is 1.76 bits per heavy atom. The maximum atomic E-state index is 13.5. The molecule has 0 bridgehead atoms. The first-order valence-electron chi connectivity index (χ1n) is 11.6. The molecule has 0 aliphatic rings. The Morgan fingerprint density at radius 1 is 1.11 bits per heavy atom. The number of nitrogens with one attached hydrogen (secondary N) is 1. The quantitative estimate of drug-likeness (QED) is 0.397. The van der Waals surface area contributed by atoms with Gasteiger partial charge in [-0.05, 0) is 80.8 Å². The van der Waals surface area contributed by atoms with Crippen LogP contribution in [0.1, 0.15) is 59.6 Å². The van der Waals surface area contributed by atoms with Crippen molar-refractivity contribution in [1.82, 2.24) is 9.88 Å². The minimum absolute atomic E-state index is 0.00636. The molecule has 1 heterocycles. The summed E-state index contributed by atoms with van der Waals surface area (Å²) >= 11 is -1.14. The molecule has 2 atom stereocenters. The summed E-state index contributed by atoms with van der Waals surface area (Å²) in [6, 6.07) is 12.7. The fourth-order valence-electron chi connectivity index (χ4n) is 3.99. The van der Waals surface area contributed by atoms with Crippen LogP contribution in [-0.2, 0) is 28.6 Å². The van der Waals surface area contributed by atoms with Crippen LogP contribution in [0.3, 0.4) is 0 Å². The molecule has 2 unspecified atom stereocenters. The second-order valence-corrected chi connectivity index (χ2v) is 10.3. The van der Waals surface area contributed by atoms with Gasteiger partial charge < -0.3 is 14.6 Å². The van der Waals surface area contributed by atoms with Crippen LogP contribution >= 0.6 is 0 Å². The monoisotopic (exact) mass is 534 g/mol. The summed E-state index contributed by atoms with van der Waals surface area (Å²) in [5, 5.41) is 2.70. The highest BCUT2D eigenvalue weighted by atomic mass is 32.2. The maximum absolute atomic E-state index is 13.5. The van der Waals surface area contributed by atoms with E-state index < -0.39 is 40.5 Å². The van der Waals surface area contributed by atoms with Crippen molar-refractivity contribution in [2.75, 3.05) is 6.26 Å². The van der Waals surface area contributed by atoms with E-state index in [1.54, 1.807) is 44.4 Å². The molecule has 3 aromatic rings. The molecule has 1 N–H and O–H groups in total. The Balaban J connectivity index is 2.06. The van der Waals surface area contributed by atoms with E-state index in [1.165, 1.54) is 18.2 Å². The highest BCUT2D eigenvalue weighted by Crippen LogP contribution is 2.31. The van der Waals surface area contributed by atoms with E-state index >= 15 is 0 Å². The summed E-state index contributed by atoms with van der Waals surface area (Å²) in [4.78, 5) is 27.2. The van der Waals surface area contributed by atoms with Gasteiger partial charge in [0.25, 0.3) is 11.5 Å². The van der Waals surface area contributed by atoms with E-state index in [4.69, 9.17) is 4.74 Å². The molecule has 0 aliphatic carbocycles. The van der Waals surface area contributed by atoms with Gasteiger partial charge >= 0.3 is 6.18 Å². The molecule has 10 heteroatoms. The van der Waals surface area contributed by atoms with E-state index in [9.17, 15) is 27.3 Å². The zero-order valence-electron chi connectivity index (χ0n) is 21.2. The van der Waals surface area contributed by atoms with Crippen LogP contribution < -0.4 is 10.9 Å². The van der Waals surface area contributed by atoms with Gasteiger partial charge in [-0.2, -0.15) is 13.2 Å². The van der Waals surface area contributed by atoms with E-state index in [-0.39, 0.29) is 23.9 Å². The van der Waals surface area contributed by atoms with Crippen LogP contribution in [-0.4, -0.2) is 27.4 Å². The van der Waals surface area contributed by atoms with Gasteiger partial charge in [0.15, 0.2) is 4.90 Å². The number of pyridine rings is 1. The minimum Gasteiger partial charge on any atom is -0.612 e. The van der Waals surface area contributed by atoms with Crippen LogP contribution in [0.5, 0.6) is 0 Å². The summed E-state index contributed by atoms with van der Waals surface area (Å²) in [6.07, 6.45) is -3.74. The van der Waals surface area contributed by atoms with Crippen molar-refractivity contribution in [3.05, 3.63) is 92.9 Å². The second kappa shape index (κ2) is 11.5. The highest BCUT2D eigenvalue weighted by molar-refractivity contribution is 7.90. The van der Waals surface area contributed by atoms with Gasteiger partial charge in [-0.1, -0.05) is 18.2 Å². The molecule has 1 aromatic heterocycles. The molecule has 6 nitrogen and oxygen atoms in total. The maximum Gasteiger partial charge on any atom is 0.416 e. The highest BCUT2D eigenvalue weighted by Gasteiger charge is 2.31. The molecular weight excluding hydrogens is 505 g/mol. The number of nitrogens with zero attached hydrogens (tertiary/aromatic N) is 1. The third kappa shape index (κ3) is 6.82. The summed E-state index contributed by atoms with van der Waals surface area (Å²) in [5.74, 6) is -0.674. The molecule has 37 heavy (non-hydrogen) atoms. The molecule has 0 saturated carbocycles. The third-order valence-corrected chi connectivity index (χ3v) is 6.72. The first-order valence-corrected chi connectivity index (χ1v) is 13.2. The molecule has 0 aliphatic heterocycles. The van der Waals surface area contributed by atoms with Gasteiger partial charge in [0.05, 0.1) is 17.8 Å². The Kier molecular flexibility index (Phi) is 8.88. The number of carbonyl (C=O) groups excluding carboxylic acids is 1. The topological polar surface area (TPSA) is 83.4 Å². The molecular formula is C27H29F3N2O4S. The number of hydrogen-bond donors (Lipinski definition) is 1. The average Bonchev–Trinajstić information content (AvgIpc) is 2.82. The van der Waals surface area contributed by atoms with Gasteiger partial charge in [-0.3, -0.25) is 14.2 Å². The van der Waals surface area contributed by atoms with E-state index in [2.05, 4.69) is 5.32 Å². The number of halogens is 3. The number of benzene rings is 2. The van der Waals surface area contributed by atoms with E-state index in [0.29, 0.717) is 16.2 Å². The lowest BCUT2D eigenvalue weighted by Crippen LogP contribution is -2.34. The molecule has 0 saturated heterocycles. The first-order chi connectivity index (χ1) is 17.3. The smallest absolute Gasteiger partial charge is 0.416 e. The SMILES string of the molecule is Cc1c(C(C)OC(C)C)cc(C(=O)NCc2ccc([S+](C)[O-])cc2)c(=O)n1-c1cccc(C(F)(F)F)c1. The molecule has 0 spiro atoms. The summed E-state index contributed by atoms with van der Waals surface area (Å²) < 4.78 is 58.7. The van der Waals surface area contributed by atoms with Crippen molar-refractivity contribution in [3.63, 3.8) is 0 Å². The Labute approximate surface area is 216 Å². The van der Waals surface area contributed by atoms with Crippen molar-refractivity contribution in [3.8, 4) is 5.69 Å². The zero-order valence-corrected chi connectivity index (χ0v) is 22.0. The van der Waals surface area contributed by atoms with Gasteiger partial charge in [0.2, 0.25) is 0 Å². The van der Waals surface area contributed by atoms with Crippen LogP contribution in [0.2, 0.25) is 0 Å². The summed E-state index contributed by atoms with van der Waals surface area (Å²) in [7, 11) is 0. The number of aromatic nitrogens is 1. The van der Waals surface area contributed by atoms with Crippen molar-refractivity contribution >= 4 is 17.1 Å². The average molecular weight is 535 g/mol. The lowest BCUT2D eigenvalue weighted by atomic mass is 10.0. The van der Waals surface area contributed by atoms with Gasteiger partial charge in [0, 0.05) is 23.5 Å². The predicted octanol–water partition coefficient (Wildman–Crippen LogP) is 5.32. The van der Waals surface area contributed by atoms with Gasteiger partial charge in [-0.15, -0.1) is 0 Å². The fraction of sp³-hybridized carbons (Fsp3) is 0.333. The second-order valence-electron chi connectivity index (χ2n) is 8.90. The first kappa shape index (κ1) is 28.5. The van der Waals surface area contributed by atoms with Crippen LogP contribution in [0.4, 0.5) is 13.2 Å². The largest absolute Gasteiger partial charge is 0.612 e.